The Bertz CT molecular complexity index is 506. The van der Waals surface area contributed by atoms with Crippen LogP contribution in [0.15, 0.2) is 0 Å². The van der Waals surface area contributed by atoms with E-state index in [9.17, 15) is 23.6 Å². The molecule has 1 rings (SSSR count). The first kappa shape index (κ1) is 19.8. The molecule has 0 N–H and O–H groups in total. The van der Waals surface area contributed by atoms with E-state index >= 15 is 0 Å². The number of hydrogen-bond donors (Lipinski definition) is 0. The van der Waals surface area contributed by atoms with Gasteiger partial charge in [-0.1, -0.05) is 0 Å². The summed E-state index contributed by atoms with van der Waals surface area (Å²) in [6.07, 6.45) is -7.12. The molecule has 1 saturated heterocycles. The highest BCUT2D eigenvalue weighted by molar-refractivity contribution is 5.69. The normalized spacial score (nSPS) is 29.3. The predicted molar refractivity (Wildman–Crippen MR) is 73.1 cm³/mol. The number of carbonyl (C=O) groups excluding carboxylic acids is 4. The van der Waals surface area contributed by atoms with Gasteiger partial charge in [0.15, 0.2) is 12.2 Å². The van der Waals surface area contributed by atoms with Crippen LogP contribution in [0.5, 0.6) is 0 Å². The molecule has 0 amide bonds. The van der Waals surface area contributed by atoms with Crippen LogP contribution < -0.4 is 0 Å². The Morgan fingerprint density at radius 2 is 1.17 bits per heavy atom. The van der Waals surface area contributed by atoms with Gasteiger partial charge in [-0.15, -0.1) is 0 Å². The molecule has 1 fully saturated rings. The molecule has 1 aliphatic heterocycles. The van der Waals surface area contributed by atoms with Gasteiger partial charge in [-0.25, -0.2) is 4.39 Å². The fraction of sp³-hybridized carbons (Fsp3) is 0.714. The average molecular weight is 350 g/mol. The lowest BCUT2D eigenvalue weighted by molar-refractivity contribution is -0.297. The van der Waals surface area contributed by atoms with Crippen LogP contribution in [0.25, 0.3) is 0 Å². The molecule has 0 aromatic carbocycles. The summed E-state index contributed by atoms with van der Waals surface area (Å²) >= 11 is 0. The van der Waals surface area contributed by atoms with Crippen LogP contribution in [0.4, 0.5) is 4.39 Å². The molecule has 9 nitrogen and oxygen atoms in total. The molecule has 0 spiro atoms. The minimum Gasteiger partial charge on any atom is -0.456 e. The summed E-state index contributed by atoms with van der Waals surface area (Å²) in [5.74, 6) is -3.16. The Morgan fingerprint density at radius 3 is 1.58 bits per heavy atom. The molecule has 0 saturated carbocycles. The summed E-state index contributed by atoms with van der Waals surface area (Å²) in [7, 11) is 0. The Balaban J connectivity index is 3.23. The smallest absolute Gasteiger partial charge is 0.305 e. The highest BCUT2D eigenvalue weighted by Gasteiger charge is 2.53. The standard InChI is InChI=1S/C14H19FO9/c1-6(16)20-11-10(5-15)24-14(23-9(4)19)13(22-8(3)18)12(11)21-7(2)17/h10-14H,5H2,1-4H3/t10?,11-,12-,13+,14?/m0/s1. The van der Waals surface area contributed by atoms with Crippen molar-refractivity contribution < 1.29 is 47.3 Å². The van der Waals surface area contributed by atoms with Crippen molar-refractivity contribution in [3.05, 3.63) is 0 Å². The predicted octanol–water partition coefficient (Wildman–Crippen LogP) is 0.0390. The van der Waals surface area contributed by atoms with Gasteiger partial charge in [0.1, 0.15) is 12.8 Å². The fourth-order valence-electron chi connectivity index (χ4n) is 2.24. The van der Waals surface area contributed by atoms with E-state index < -0.39 is 61.3 Å². The lowest BCUT2D eigenvalue weighted by Crippen LogP contribution is -2.62. The minimum absolute atomic E-state index is 0.785. The van der Waals surface area contributed by atoms with Gasteiger partial charge in [0.2, 0.25) is 12.4 Å². The summed E-state index contributed by atoms with van der Waals surface area (Å²) in [6, 6.07) is 0. The summed E-state index contributed by atoms with van der Waals surface area (Å²) in [5, 5.41) is 0. The van der Waals surface area contributed by atoms with Gasteiger partial charge in [-0.2, -0.15) is 0 Å². The van der Waals surface area contributed by atoms with Crippen LogP contribution in [0.3, 0.4) is 0 Å². The lowest BCUT2D eigenvalue weighted by Gasteiger charge is -2.43. The second-order valence-electron chi connectivity index (χ2n) is 5.03. The SMILES string of the molecule is CC(=O)OC1OC(CF)[C@H](OC(C)=O)[C@H](OC(C)=O)[C@H]1OC(C)=O. The van der Waals surface area contributed by atoms with Gasteiger partial charge in [0.05, 0.1) is 0 Å². The second-order valence-corrected chi connectivity index (χ2v) is 5.03. The van der Waals surface area contributed by atoms with E-state index in [0.29, 0.717) is 0 Å². The number of alkyl halides is 1. The van der Waals surface area contributed by atoms with E-state index in [4.69, 9.17) is 23.7 Å². The number of halogens is 1. The molecule has 0 bridgehead atoms. The van der Waals surface area contributed by atoms with Crippen LogP contribution in [0.2, 0.25) is 0 Å². The second kappa shape index (κ2) is 8.57. The van der Waals surface area contributed by atoms with Crippen LogP contribution in [-0.4, -0.2) is 61.3 Å². The molecule has 0 radical (unpaired) electrons. The molecule has 24 heavy (non-hydrogen) atoms. The third-order valence-corrected chi connectivity index (χ3v) is 2.93. The highest BCUT2D eigenvalue weighted by atomic mass is 19.1. The first-order valence-corrected chi connectivity index (χ1v) is 7.06. The number of rotatable bonds is 5. The van der Waals surface area contributed by atoms with E-state index in [1.165, 1.54) is 0 Å². The Kier molecular flexibility index (Phi) is 7.08. The summed E-state index contributed by atoms with van der Waals surface area (Å²) < 4.78 is 38.4. The number of esters is 4. The van der Waals surface area contributed by atoms with Crippen molar-refractivity contribution in [2.75, 3.05) is 6.67 Å². The zero-order valence-corrected chi connectivity index (χ0v) is 13.6. The maximum absolute atomic E-state index is 13.3. The lowest BCUT2D eigenvalue weighted by atomic mass is 9.98. The zero-order valence-electron chi connectivity index (χ0n) is 13.6. The maximum Gasteiger partial charge on any atom is 0.305 e. The Labute approximate surface area is 137 Å². The van der Waals surface area contributed by atoms with Gasteiger partial charge in [0.25, 0.3) is 0 Å². The highest BCUT2D eigenvalue weighted by Crippen LogP contribution is 2.29. The van der Waals surface area contributed by atoms with Crippen molar-refractivity contribution in [2.45, 2.75) is 58.4 Å². The van der Waals surface area contributed by atoms with E-state index in [-0.39, 0.29) is 0 Å². The van der Waals surface area contributed by atoms with Crippen molar-refractivity contribution >= 4 is 23.9 Å². The number of carbonyl (C=O) groups is 4. The molecule has 1 heterocycles. The van der Waals surface area contributed by atoms with E-state index in [0.717, 1.165) is 27.7 Å². The van der Waals surface area contributed by atoms with Crippen LogP contribution >= 0.6 is 0 Å². The van der Waals surface area contributed by atoms with Gasteiger partial charge >= 0.3 is 23.9 Å². The zero-order chi connectivity index (χ0) is 18.4. The summed E-state index contributed by atoms with van der Waals surface area (Å²) in [4.78, 5) is 45.1. The largest absolute Gasteiger partial charge is 0.456 e. The van der Waals surface area contributed by atoms with E-state index in [2.05, 4.69) is 0 Å². The van der Waals surface area contributed by atoms with E-state index in [1.807, 2.05) is 0 Å². The third-order valence-electron chi connectivity index (χ3n) is 2.93. The molecular formula is C14H19FO9. The van der Waals surface area contributed by atoms with Crippen molar-refractivity contribution in [2.24, 2.45) is 0 Å². The summed E-state index contributed by atoms with van der Waals surface area (Å²) in [5.41, 5.74) is 0. The summed E-state index contributed by atoms with van der Waals surface area (Å²) in [6.45, 7) is 3.14. The average Bonchev–Trinajstić information content (AvgIpc) is 2.42. The number of ether oxygens (including phenoxy) is 5. The maximum atomic E-state index is 13.3. The van der Waals surface area contributed by atoms with Crippen LogP contribution in [-0.2, 0) is 42.9 Å². The van der Waals surface area contributed by atoms with Gasteiger partial charge in [-0.3, -0.25) is 19.2 Å². The molecule has 10 heteroatoms. The molecular weight excluding hydrogens is 331 g/mol. The Hall–Kier alpha value is -2.23. The minimum atomic E-state index is -1.52. The molecule has 0 aromatic heterocycles. The monoisotopic (exact) mass is 350 g/mol. The van der Waals surface area contributed by atoms with Crippen molar-refractivity contribution in [1.82, 2.24) is 0 Å². The molecule has 1 aliphatic rings. The van der Waals surface area contributed by atoms with Gasteiger partial charge in [-0.05, 0) is 0 Å². The van der Waals surface area contributed by atoms with Gasteiger partial charge in [0, 0.05) is 27.7 Å². The van der Waals surface area contributed by atoms with Crippen LogP contribution in [0, 0.1) is 0 Å². The van der Waals surface area contributed by atoms with Crippen LogP contribution in [0.1, 0.15) is 27.7 Å². The van der Waals surface area contributed by atoms with Crippen molar-refractivity contribution in [1.29, 1.82) is 0 Å². The third kappa shape index (κ3) is 5.44. The molecule has 136 valence electrons. The van der Waals surface area contributed by atoms with Crippen molar-refractivity contribution in [3.63, 3.8) is 0 Å². The van der Waals surface area contributed by atoms with Gasteiger partial charge < -0.3 is 23.7 Å². The topological polar surface area (TPSA) is 114 Å². The Morgan fingerprint density at radius 1 is 0.750 bits per heavy atom. The fourth-order valence-corrected chi connectivity index (χ4v) is 2.24. The van der Waals surface area contributed by atoms with E-state index in [1.54, 1.807) is 0 Å². The molecule has 2 unspecified atom stereocenters. The number of hydrogen-bond acceptors (Lipinski definition) is 9. The first-order chi connectivity index (χ1) is 11.1. The molecule has 0 aliphatic carbocycles. The van der Waals surface area contributed by atoms with Crippen molar-refractivity contribution in [3.8, 4) is 0 Å². The quantitative estimate of drug-likeness (QED) is 0.500. The molecule has 0 aromatic rings. The molecule has 5 atom stereocenters. The first-order valence-electron chi connectivity index (χ1n) is 7.06.